The average molecular weight is 1870 g/mol. The van der Waals surface area contributed by atoms with E-state index in [-0.39, 0.29) is 53.7 Å². The first-order valence-electron chi connectivity index (χ1n) is 51.7. The van der Waals surface area contributed by atoms with Gasteiger partial charge in [-0.2, -0.15) is 14.8 Å². The number of aliphatic carboxylic acids is 1. The van der Waals surface area contributed by atoms with Crippen LogP contribution in [-0.2, 0) is 48.2 Å². The van der Waals surface area contributed by atoms with Crippen molar-refractivity contribution in [3.05, 3.63) is 12.0 Å². The summed E-state index contributed by atoms with van der Waals surface area (Å²) < 4.78 is 41.4. The fourth-order valence-corrected chi connectivity index (χ4v) is 22.1. The summed E-state index contributed by atoms with van der Waals surface area (Å²) in [5.74, 6) is 7.71. The van der Waals surface area contributed by atoms with Crippen LogP contribution in [0.5, 0.6) is 0 Å². The van der Waals surface area contributed by atoms with Crippen LogP contribution in [-0.4, -0.2) is 208 Å². The highest BCUT2D eigenvalue weighted by Crippen LogP contribution is 2.43. The summed E-state index contributed by atoms with van der Waals surface area (Å²) in [5.41, 5.74) is 0.774. The molecule has 5 saturated heterocycles. The SMILES string of the molecule is C=CS(=O)(=O)N1CCC2(CC1)N=C(C1CCC(CCCC)CC1)NC2=O.CC(C)(C)OC(=O)N1CCC(N)(C#N)CC1.CCCCC1CCC(C(=O)NC2(C#N)CCN(C(=O)OC(C)(C)C)CC2)CC1.CCCCC1CCC(C(=O)O)CC1.CCCCC1CCC(C2=NC3(CCN(C(=O)OC(C)(C)C)CC3)C(=O)N2)CC1.CCCCC1CCC(C2=NC3(CCNCC3)C(=O)N2)CC1. The Balaban J connectivity index is 0.000000199. The van der Waals surface area contributed by atoms with E-state index in [0.717, 1.165) is 155 Å². The molecule has 5 saturated carbocycles. The fraction of sp³-hybridized carbons (Fsp3) is 0.853. The molecule has 8 N–H and O–H groups in total. The zero-order chi connectivity index (χ0) is 96.7. The first-order valence-corrected chi connectivity index (χ1v) is 53.2. The van der Waals surface area contributed by atoms with Gasteiger partial charge in [0, 0.05) is 94.3 Å². The number of unbranched alkanes of at least 4 members (excludes halogenated alkanes) is 5. The number of ether oxygens (including phenoxy) is 3. The maximum atomic E-state index is 12.8. The topological polar surface area (TPSA) is 402 Å². The number of nitrogens with two attached hydrogens (primary N) is 1. The highest BCUT2D eigenvalue weighted by molar-refractivity contribution is 7.92. The first kappa shape index (κ1) is 110. The van der Waals surface area contributed by atoms with Crippen LogP contribution in [0.4, 0.5) is 14.4 Å². The van der Waals surface area contributed by atoms with Crippen LogP contribution < -0.4 is 32.3 Å². The number of hydrogen-bond donors (Lipinski definition) is 7. The van der Waals surface area contributed by atoms with Crippen molar-refractivity contribution in [2.45, 2.75) is 430 Å². The molecule has 8 aliphatic heterocycles. The molecular formula is C102H173N15O14S. The van der Waals surface area contributed by atoms with Crippen molar-refractivity contribution in [3.63, 3.8) is 0 Å². The smallest absolute Gasteiger partial charge is 0.410 e. The van der Waals surface area contributed by atoms with Gasteiger partial charge in [0.05, 0.1) is 18.1 Å². The molecule has 29 nitrogen and oxygen atoms in total. The van der Waals surface area contributed by atoms with E-state index in [0.29, 0.717) is 121 Å². The number of carbonyl (C=O) groups excluding carboxylic acids is 7. The molecule has 132 heavy (non-hydrogen) atoms. The Hall–Kier alpha value is -7.28. The third-order valence-corrected chi connectivity index (χ3v) is 31.6. The number of nitriles is 2. The van der Waals surface area contributed by atoms with Gasteiger partial charge in [0.25, 0.3) is 17.7 Å². The van der Waals surface area contributed by atoms with Gasteiger partial charge in [0.2, 0.25) is 15.9 Å². The molecule has 10 fully saturated rings. The van der Waals surface area contributed by atoms with Gasteiger partial charge in [-0.3, -0.25) is 38.9 Å². The Labute approximate surface area is 793 Å². The Morgan fingerprint density at radius 3 is 1.01 bits per heavy atom. The molecule has 0 bridgehead atoms. The Morgan fingerprint density at radius 2 is 0.727 bits per heavy atom. The van der Waals surface area contributed by atoms with Crippen molar-refractivity contribution in [1.29, 1.82) is 10.5 Å². The molecule has 30 heteroatoms. The number of nitrogens with one attached hydrogen (secondary N) is 5. The van der Waals surface area contributed by atoms with E-state index in [2.05, 4.69) is 79.9 Å². The molecule has 0 radical (unpaired) electrons. The Bertz CT molecular complexity index is 4000. The van der Waals surface area contributed by atoms with Gasteiger partial charge in [-0.15, -0.1) is 0 Å². The van der Waals surface area contributed by atoms with Crippen LogP contribution in [0, 0.1) is 81.8 Å². The Kier molecular flexibility index (Phi) is 42.7. The molecule has 0 unspecified atom stereocenters. The second kappa shape index (κ2) is 51.2. The van der Waals surface area contributed by atoms with Gasteiger partial charge in [-0.25, -0.2) is 22.8 Å². The van der Waals surface area contributed by atoms with E-state index in [1.54, 1.807) is 14.7 Å². The maximum absolute atomic E-state index is 12.8. The second-order valence-corrected chi connectivity index (χ2v) is 45.7. The predicted octanol–water partition coefficient (Wildman–Crippen LogP) is 18.4. The average Bonchev–Trinajstić information content (AvgIpc) is 1.62. The number of amidine groups is 3. The number of aliphatic imine (C=N–C) groups is 3. The number of carboxylic acid groups (broad SMARTS) is 1. The molecular weight excluding hydrogens is 1690 g/mol. The zero-order valence-electron chi connectivity index (χ0n) is 83.7. The molecule has 8 heterocycles. The van der Waals surface area contributed by atoms with Crippen molar-refractivity contribution in [2.75, 3.05) is 65.4 Å². The highest BCUT2D eigenvalue weighted by Gasteiger charge is 2.52. The van der Waals surface area contributed by atoms with Gasteiger partial charge in [-0.1, -0.05) is 138 Å². The van der Waals surface area contributed by atoms with E-state index in [9.17, 15) is 52.0 Å². The van der Waals surface area contributed by atoms with Crippen molar-refractivity contribution in [3.8, 4) is 12.1 Å². The number of carbonyl (C=O) groups is 8. The van der Waals surface area contributed by atoms with Crippen molar-refractivity contribution >= 4 is 75.4 Å². The van der Waals surface area contributed by atoms with Crippen LogP contribution in [0.2, 0.25) is 0 Å². The summed E-state index contributed by atoms with van der Waals surface area (Å²) in [6.07, 6.45) is 46.8. The van der Waals surface area contributed by atoms with E-state index < -0.39 is 60.5 Å². The molecule has 0 aromatic rings. The van der Waals surface area contributed by atoms with Crippen molar-refractivity contribution in [1.82, 2.24) is 45.6 Å². The van der Waals surface area contributed by atoms with Gasteiger partial charge < -0.3 is 66.3 Å². The highest BCUT2D eigenvalue weighted by atomic mass is 32.2. The minimum Gasteiger partial charge on any atom is -0.481 e. The fourth-order valence-electron chi connectivity index (χ4n) is 21.2. The number of sulfonamides is 1. The largest absolute Gasteiger partial charge is 0.481 e. The number of nitrogens with zero attached hydrogens (tertiary/aromatic N) is 9. The molecule has 5 aliphatic carbocycles. The van der Waals surface area contributed by atoms with E-state index in [1.165, 1.54) is 152 Å². The van der Waals surface area contributed by atoms with E-state index in [1.807, 2.05) is 62.3 Å². The molecule has 13 aliphatic rings. The summed E-state index contributed by atoms with van der Waals surface area (Å²) in [4.78, 5) is 117. The lowest BCUT2D eigenvalue weighted by Gasteiger charge is -2.39. The molecule has 0 aromatic heterocycles. The normalized spacial score (nSPS) is 27.3. The van der Waals surface area contributed by atoms with Gasteiger partial charge in [-0.05, 0) is 285 Å². The van der Waals surface area contributed by atoms with E-state index >= 15 is 0 Å². The van der Waals surface area contributed by atoms with Gasteiger partial charge in [0.15, 0.2) is 0 Å². The van der Waals surface area contributed by atoms with Crippen LogP contribution >= 0.6 is 0 Å². The number of likely N-dealkylation sites (tertiary alicyclic amines) is 3. The Morgan fingerprint density at radius 1 is 0.447 bits per heavy atom. The number of carboxylic acids is 1. The van der Waals surface area contributed by atoms with E-state index in [4.69, 9.17) is 45.3 Å². The molecule has 3 spiro atoms. The summed E-state index contributed by atoms with van der Waals surface area (Å²) in [6, 6.07) is 4.41. The number of piperidine rings is 5. The molecule has 7 amide bonds. The quantitative estimate of drug-likeness (QED) is 0.0467. The number of rotatable bonds is 23. The molecule has 13 rings (SSSR count). The monoisotopic (exact) mass is 1860 g/mol. The third kappa shape index (κ3) is 33.6. The molecule has 0 aromatic carbocycles. The molecule has 746 valence electrons. The van der Waals surface area contributed by atoms with Crippen LogP contribution in [0.15, 0.2) is 27.0 Å². The second-order valence-electron chi connectivity index (χ2n) is 43.8. The van der Waals surface area contributed by atoms with Crippen molar-refractivity contribution in [2.24, 2.45) is 79.9 Å². The minimum atomic E-state index is -3.42. The summed E-state index contributed by atoms with van der Waals surface area (Å²) >= 11 is 0. The summed E-state index contributed by atoms with van der Waals surface area (Å²) in [7, 11) is -3.42. The summed E-state index contributed by atoms with van der Waals surface area (Å²) in [5, 5.41) is 44.0. The minimum absolute atomic E-state index is 0.0150. The van der Waals surface area contributed by atoms with Crippen LogP contribution in [0.1, 0.15) is 386 Å². The van der Waals surface area contributed by atoms with Crippen LogP contribution in [0.3, 0.4) is 0 Å². The number of amides is 7. The van der Waals surface area contributed by atoms with Gasteiger partial charge >= 0.3 is 24.2 Å². The molecule has 0 atom stereocenters. The lowest BCUT2D eigenvalue weighted by atomic mass is 9.78. The number of hydrogen-bond acceptors (Lipinski definition) is 20. The lowest BCUT2D eigenvalue weighted by molar-refractivity contribution is -0.143. The predicted molar refractivity (Wildman–Crippen MR) is 520 cm³/mol. The van der Waals surface area contributed by atoms with Crippen LogP contribution in [0.25, 0.3) is 0 Å². The maximum Gasteiger partial charge on any atom is 0.410 e. The third-order valence-electron chi connectivity index (χ3n) is 30.1. The first-order chi connectivity index (χ1) is 62.5. The summed E-state index contributed by atoms with van der Waals surface area (Å²) in [6.45, 7) is 36.5. The zero-order valence-corrected chi connectivity index (χ0v) is 84.5. The lowest BCUT2D eigenvalue weighted by Crippen LogP contribution is -2.57. The van der Waals surface area contributed by atoms with Crippen molar-refractivity contribution < 1.29 is 66.1 Å². The van der Waals surface area contributed by atoms with Gasteiger partial charge in [0.1, 0.15) is 62.0 Å². The standard InChI is InChI=1S/2C22H37N3O3.C19H31N3O3S.C17H29N3O.C11H19N3O2.C11H20O2/c1-5-6-7-16-8-10-17(11-9-16)18-23-19(26)22(24-18)12-14-25(15-13-22)20(27)28-21(2,3)4;1-5-6-7-17-8-10-18(11-9-17)19(26)24-22(16-23)12-14-25(15-13-22)20(27)28-21(2,3)4;1-3-5-6-15-7-9-16(10-8-15)17-20-18(23)19(21-17)11-13-22(14-12-19)26(24,25)4-2;1-2-3-4-13-5-7-14(8-6-13)15-19-16(21)17(20-15)9-11-18-12-10-17;1-10(2,3)16-9(15)14-6-4-11(13,8-12)5-7-14;1-2-3-4-9-5-7-10(8-6-9)11(12)13/h16-17H,5-15H2,1-4H3,(H,23,24,26);17-18H,5-15H2,1-4H3,(H,24,26);4,15-16H,2-3,5-14H2,1H3,(H,20,21,23);13-14,18H,2-12H2,1H3,(H,19,20,21);4-7,13H2,1-3H3;9-10H,2-8H2,1H3,(H,12,13).